The maximum Gasteiger partial charge on any atom is 0.0897 e. The first-order valence-corrected chi connectivity index (χ1v) is 4.02. The first-order valence-electron chi connectivity index (χ1n) is 4.02. The second-order valence-corrected chi connectivity index (χ2v) is 3.23. The summed E-state index contributed by atoms with van der Waals surface area (Å²) in [5, 5.41) is 3.55. The first kappa shape index (κ1) is 5.69. The molecule has 2 N–H and O–H groups in total. The van der Waals surface area contributed by atoms with Gasteiger partial charge < -0.3 is 10.2 Å². The lowest BCUT2D eigenvalue weighted by Crippen LogP contribution is -3.13. The fraction of sp³-hybridized carbons (Fsp3) is 1.00. The van der Waals surface area contributed by atoms with E-state index in [1.165, 1.54) is 39.0 Å². The third-order valence-electron chi connectivity index (χ3n) is 2.60. The van der Waals surface area contributed by atoms with E-state index in [1.807, 2.05) is 4.90 Å². The van der Waals surface area contributed by atoms with E-state index in [4.69, 9.17) is 0 Å². The monoisotopic (exact) mass is 127 g/mol. The van der Waals surface area contributed by atoms with Crippen LogP contribution in [0.15, 0.2) is 0 Å². The number of nitrogens with one attached hydrogen (secondary N) is 2. The third-order valence-corrected chi connectivity index (χ3v) is 2.60. The van der Waals surface area contributed by atoms with Crippen molar-refractivity contribution in [2.75, 3.05) is 26.2 Å². The van der Waals surface area contributed by atoms with E-state index in [0.717, 1.165) is 6.04 Å². The molecule has 2 nitrogen and oxygen atoms in total. The molecule has 0 aromatic carbocycles. The van der Waals surface area contributed by atoms with Crippen LogP contribution in [-0.4, -0.2) is 32.2 Å². The number of quaternary nitrogens is 1. The van der Waals surface area contributed by atoms with E-state index in [9.17, 15) is 0 Å². The summed E-state index contributed by atoms with van der Waals surface area (Å²) in [6.45, 7) is 5.44. The summed E-state index contributed by atoms with van der Waals surface area (Å²) in [6, 6.07) is 0.872. The second-order valence-electron chi connectivity index (χ2n) is 3.23. The maximum absolute atomic E-state index is 3.55. The lowest BCUT2D eigenvalue weighted by atomic mass is 10.1. The fourth-order valence-electron chi connectivity index (χ4n) is 1.93. The first-order chi connectivity index (χ1) is 4.45. The van der Waals surface area contributed by atoms with Gasteiger partial charge in [0, 0.05) is 25.4 Å². The molecule has 3 aliphatic heterocycles. The Bertz CT molecular complexity index is 77.6. The highest BCUT2D eigenvalue weighted by molar-refractivity contribution is 4.71. The lowest BCUT2D eigenvalue weighted by Gasteiger charge is -2.22. The van der Waals surface area contributed by atoms with Gasteiger partial charge in [-0.05, 0) is 0 Å². The predicted octanol–water partition coefficient (Wildman–Crippen LogP) is -1.36. The van der Waals surface area contributed by atoms with Crippen LogP contribution in [0.4, 0.5) is 0 Å². The van der Waals surface area contributed by atoms with Crippen LogP contribution < -0.4 is 10.2 Å². The van der Waals surface area contributed by atoms with Crippen molar-refractivity contribution in [2.45, 2.75) is 18.9 Å². The Morgan fingerprint density at radius 2 is 1.89 bits per heavy atom. The Morgan fingerprint density at radius 3 is 2.67 bits per heavy atom. The molecule has 0 aromatic rings. The molecule has 3 fully saturated rings. The van der Waals surface area contributed by atoms with Crippen molar-refractivity contribution in [3.05, 3.63) is 0 Å². The lowest BCUT2D eigenvalue weighted by molar-refractivity contribution is -0.901. The highest BCUT2D eigenvalue weighted by atomic mass is 15.2. The Morgan fingerprint density at radius 1 is 1.11 bits per heavy atom. The van der Waals surface area contributed by atoms with Crippen LogP contribution in [0.3, 0.4) is 0 Å². The molecule has 0 saturated carbocycles. The standard InChI is InChI=1S/C7H14N2/c1-4-9-5-2-7(1)8-3-6-9/h7-8H,1-6H2/p+1. The zero-order valence-corrected chi connectivity index (χ0v) is 5.82. The van der Waals surface area contributed by atoms with Crippen LogP contribution in [0.1, 0.15) is 12.8 Å². The zero-order valence-electron chi connectivity index (χ0n) is 5.82. The SMILES string of the molecule is C1C[NH+]2CCC(CC2)N1. The Kier molecular flexibility index (Phi) is 1.44. The summed E-state index contributed by atoms with van der Waals surface area (Å²) in [6.07, 6.45) is 2.82. The van der Waals surface area contributed by atoms with Crippen LogP contribution in [0.5, 0.6) is 0 Å². The normalized spacial score (nSPS) is 42.7. The van der Waals surface area contributed by atoms with E-state index in [2.05, 4.69) is 5.32 Å². The molecule has 9 heavy (non-hydrogen) atoms. The smallest absolute Gasteiger partial charge is 0.0897 e. The molecule has 0 aromatic heterocycles. The molecular formula is C7H15N2+. The number of hydrogen-bond acceptors (Lipinski definition) is 1. The minimum absolute atomic E-state index is 0.872. The van der Waals surface area contributed by atoms with Crippen LogP contribution in [0, 0.1) is 0 Å². The van der Waals surface area contributed by atoms with E-state index < -0.39 is 0 Å². The van der Waals surface area contributed by atoms with E-state index >= 15 is 0 Å². The average molecular weight is 127 g/mol. The summed E-state index contributed by atoms with van der Waals surface area (Å²) < 4.78 is 0. The Hall–Kier alpha value is -0.0800. The van der Waals surface area contributed by atoms with Gasteiger partial charge in [0.1, 0.15) is 0 Å². The highest BCUT2D eigenvalue weighted by Gasteiger charge is 2.24. The molecular weight excluding hydrogens is 112 g/mol. The molecule has 3 rings (SSSR count). The zero-order chi connectivity index (χ0) is 6.10. The van der Waals surface area contributed by atoms with Gasteiger partial charge in [0.15, 0.2) is 0 Å². The topological polar surface area (TPSA) is 16.5 Å². The number of fused-ring (bicyclic) bond motifs is 4. The minimum Gasteiger partial charge on any atom is -0.334 e. The summed E-state index contributed by atoms with van der Waals surface area (Å²) in [4.78, 5) is 1.82. The van der Waals surface area contributed by atoms with Crippen molar-refractivity contribution in [1.29, 1.82) is 0 Å². The van der Waals surface area contributed by atoms with Gasteiger partial charge in [-0.3, -0.25) is 0 Å². The molecule has 0 aliphatic carbocycles. The van der Waals surface area contributed by atoms with Crippen molar-refractivity contribution in [1.82, 2.24) is 5.32 Å². The van der Waals surface area contributed by atoms with Crippen LogP contribution in [-0.2, 0) is 0 Å². The van der Waals surface area contributed by atoms with Gasteiger partial charge in [-0.1, -0.05) is 0 Å². The molecule has 3 heterocycles. The maximum atomic E-state index is 3.55. The largest absolute Gasteiger partial charge is 0.334 e. The van der Waals surface area contributed by atoms with Crippen molar-refractivity contribution < 1.29 is 4.90 Å². The number of rotatable bonds is 0. The van der Waals surface area contributed by atoms with Crippen LogP contribution in [0.25, 0.3) is 0 Å². The van der Waals surface area contributed by atoms with Gasteiger partial charge in [-0.2, -0.15) is 0 Å². The highest BCUT2D eigenvalue weighted by Crippen LogP contribution is 2.00. The minimum atomic E-state index is 0.872. The van der Waals surface area contributed by atoms with E-state index in [-0.39, 0.29) is 0 Å². The molecule has 0 radical (unpaired) electrons. The van der Waals surface area contributed by atoms with E-state index in [0.29, 0.717) is 0 Å². The molecule has 0 amide bonds. The molecule has 3 aliphatic rings. The molecule has 52 valence electrons. The van der Waals surface area contributed by atoms with Crippen LogP contribution in [0.2, 0.25) is 0 Å². The fourth-order valence-corrected chi connectivity index (χ4v) is 1.93. The predicted molar refractivity (Wildman–Crippen MR) is 36.6 cm³/mol. The van der Waals surface area contributed by atoms with Crippen molar-refractivity contribution in [2.24, 2.45) is 0 Å². The van der Waals surface area contributed by atoms with Crippen LogP contribution >= 0.6 is 0 Å². The average Bonchev–Trinajstić information content (AvgIpc) is 2.21. The van der Waals surface area contributed by atoms with Crippen molar-refractivity contribution in [3.8, 4) is 0 Å². The summed E-state index contributed by atoms with van der Waals surface area (Å²) >= 11 is 0. The third kappa shape index (κ3) is 1.10. The molecule has 2 heteroatoms. The van der Waals surface area contributed by atoms with E-state index in [1.54, 1.807) is 0 Å². The Labute approximate surface area is 56.2 Å². The molecule has 0 atom stereocenters. The van der Waals surface area contributed by atoms with Gasteiger partial charge in [0.2, 0.25) is 0 Å². The van der Waals surface area contributed by atoms with Crippen molar-refractivity contribution >= 4 is 0 Å². The van der Waals surface area contributed by atoms with Gasteiger partial charge in [-0.25, -0.2) is 0 Å². The van der Waals surface area contributed by atoms with Crippen molar-refractivity contribution in [3.63, 3.8) is 0 Å². The van der Waals surface area contributed by atoms with Gasteiger partial charge in [-0.15, -0.1) is 0 Å². The number of piperidine rings is 1. The summed E-state index contributed by atoms with van der Waals surface area (Å²) in [7, 11) is 0. The quantitative estimate of drug-likeness (QED) is 0.411. The number of hydrogen-bond donors (Lipinski definition) is 2. The van der Waals surface area contributed by atoms with Gasteiger partial charge in [0.25, 0.3) is 0 Å². The Balaban J connectivity index is 2.03. The van der Waals surface area contributed by atoms with Gasteiger partial charge in [0.05, 0.1) is 19.6 Å². The molecule has 2 bridgehead atoms. The summed E-state index contributed by atoms with van der Waals surface area (Å²) in [5.41, 5.74) is 0. The molecule has 3 saturated heterocycles. The van der Waals surface area contributed by atoms with Gasteiger partial charge >= 0.3 is 0 Å². The summed E-state index contributed by atoms with van der Waals surface area (Å²) in [5.74, 6) is 0. The molecule has 0 spiro atoms. The second kappa shape index (κ2) is 2.27. The molecule has 0 unspecified atom stereocenters.